The Labute approximate surface area is 127 Å². The first-order chi connectivity index (χ1) is 8.91. The van der Waals surface area contributed by atoms with Crippen LogP contribution in [0.4, 0.5) is 0 Å². The Morgan fingerprint density at radius 3 is 2.25 bits per heavy atom. The summed E-state index contributed by atoms with van der Waals surface area (Å²) in [5, 5.41) is 0. The van der Waals surface area contributed by atoms with Gasteiger partial charge < -0.3 is 5.73 Å². The second-order valence-electron chi connectivity index (χ2n) is 5.50. The van der Waals surface area contributed by atoms with Crippen molar-refractivity contribution < 1.29 is 8.42 Å². The SMILES string of the molecule is CCc1ccc(S(=O)(=O)NC(C)(CN)C2CC2)cc1.Cl. The Hall–Kier alpha value is -0.620. The molecule has 0 saturated heterocycles. The van der Waals surface area contributed by atoms with Gasteiger partial charge in [0, 0.05) is 12.1 Å². The number of rotatable bonds is 6. The quantitative estimate of drug-likeness (QED) is 0.843. The van der Waals surface area contributed by atoms with Crippen molar-refractivity contribution >= 4 is 22.4 Å². The summed E-state index contributed by atoms with van der Waals surface area (Å²) in [5.41, 5.74) is 6.35. The van der Waals surface area contributed by atoms with Crippen molar-refractivity contribution in [3.8, 4) is 0 Å². The molecule has 1 aromatic carbocycles. The summed E-state index contributed by atoms with van der Waals surface area (Å²) in [6.45, 7) is 4.26. The van der Waals surface area contributed by atoms with Crippen molar-refractivity contribution in [3.63, 3.8) is 0 Å². The fourth-order valence-electron chi connectivity index (χ4n) is 2.28. The summed E-state index contributed by atoms with van der Waals surface area (Å²) in [6, 6.07) is 7.02. The summed E-state index contributed by atoms with van der Waals surface area (Å²) in [7, 11) is -3.49. The van der Waals surface area contributed by atoms with Crippen LogP contribution >= 0.6 is 12.4 Å². The molecule has 1 saturated carbocycles. The normalized spacial score (nSPS) is 18.1. The maximum absolute atomic E-state index is 12.4. The Bertz CT molecular complexity index is 541. The van der Waals surface area contributed by atoms with E-state index in [4.69, 9.17) is 5.73 Å². The molecule has 3 N–H and O–H groups in total. The van der Waals surface area contributed by atoms with Crippen molar-refractivity contribution in [2.24, 2.45) is 11.7 Å². The smallest absolute Gasteiger partial charge is 0.241 e. The third-order valence-corrected chi connectivity index (χ3v) is 5.54. The maximum atomic E-state index is 12.4. The monoisotopic (exact) mass is 318 g/mol. The molecule has 1 aliphatic carbocycles. The van der Waals surface area contributed by atoms with E-state index in [0.29, 0.717) is 17.4 Å². The van der Waals surface area contributed by atoms with Gasteiger partial charge in [0.15, 0.2) is 0 Å². The summed E-state index contributed by atoms with van der Waals surface area (Å²) in [4.78, 5) is 0.310. The van der Waals surface area contributed by atoms with Gasteiger partial charge in [-0.25, -0.2) is 13.1 Å². The van der Waals surface area contributed by atoms with Gasteiger partial charge in [-0.3, -0.25) is 0 Å². The lowest BCUT2D eigenvalue weighted by Crippen LogP contribution is -2.52. The van der Waals surface area contributed by atoms with E-state index in [1.807, 2.05) is 26.0 Å². The van der Waals surface area contributed by atoms with Crippen LogP contribution in [0.15, 0.2) is 29.2 Å². The van der Waals surface area contributed by atoms with Crippen LogP contribution in [-0.2, 0) is 16.4 Å². The third-order valence-electron chi connectivity index (χ3n) is 3.91. The molecule has 1 atom stereocenters. The average Bonchev–Trinajstić information content (AvgIpc) is 3.23. The zero-order chi connectivity index (χ0) is 14.1. The molecule has 1 aromatic rings. The zero-order valence-corrected chi connectivity index (χ0v) is 13.6. The Balaban J connectivity index is 0.00000200. The summed E-state index contributed by atoms with van der Waals surface area (Å²) in [5.74, 6) is 0.363. The van der Waals surface area contributed by atoms with Crippen LogP contribution in [0.25, 0.3) is 0 Å². The van der Waals surface area contributed by atoms with Gasteiger partial charge in [-0.2, -0.15) is 0 Å². The van der Waals surface area contributed by atoms with E-state index < -0.39 is 15.6 Å². The maximum Gasteiger partial charge on any atom is 0.241 e. The van der Waals surface area contributed by atoms with Crippen LogP contribution in [0.3, 0.4) is 0 Å². The van der Waals surface area contributed by atoms with Gasteiger partial charge in [0.05, 0.1) is 4.90 Å². The lowest BCUT2D eigenvalue weighted by molar-refractivity contribution is 0.374. The standard InChI is InChI=1S/C14H22N2O2S.ClH/c1-3-11-4-8-13(9-5-11)19(17,18)16-14(2,10-15)12-6-7-12;/h4-5,8-9,12,16H,3,6-7,10,15H2,1-2H3;1H. The molecule has 0 spiro atoms. The van der Waals surface area contributed by atoms with E-state index in [1.54, 1.807) is 12.1 Å². The molecule has 1 unspecified atom stereocenters. The first-order valence-corrected chi connectivity index (χ1v) is 8.22. The molecule has 2 rings (SSSR count). The summed E-state index contributed by atoms with van der Waals surface area (Å²) in [6.07, 6.45) is 2.99. The Morgan fingerprint density at radius 2 is 1.85 bits per heavy atom. The number of nitrogens with two attached hydrogens (primary N) is 1. The molecule has 0 amide bonds. The molecule has 1 aliphatic rings. The van der Waals surface area contributed by atoms with Crippen molar-refractivity contribution in [1.29, 1.82) is 0 Å². The van der Waals surface area contributed by atoms with Crippen LogP contribution in [0.2, 0.25) is 0 Å². The second-order valence-corrected chi connectivity index (χ2v) is 7.18. The molecular formula is C14H23ClN2O2S. The molecule has 0 aromatic heterocycles. The summed E-state index contributed by atoms with van der Waals surface area (Å²) < 4.78 is 27.5. The van der Waals surface area contributed by atoms with E-state index in [1.165, 1.54) is 0 Å². The number of sulfonamides is 1. The van der Waals surface area contributed by atoms with E-state index >= 15 is 0 Å². The molecule has 20 heavy (non-hydrogen) atoms. The van der Waals surface area contributed by atoms with Crippen LogP contribution in [0.1, 0.15) is 32.3 Å². The van der Waals surface area contributed by atoms with E-state index in [-0.39, 0.29) is 12.4 Å². The van der Waals surface area contributed by atoms with Crippen molar-refractivity contribution in [3.05, 3.63) is 29.8 Å². The van der Waals surface area contributed by atoms with Gasteiger partial charge in [-0.1, -0.05) is 19.1 Å². The predicted octanol–water partition coefficient (Wildman–Crippen LogP) is 2.08. The van der Waals surface area contributed by atoms with E-state index in [9.17, 15) is 8.42 Å². The Kier molecular flexibility index (Phi) is 5.61. The minimum Gasteiger partial charge on any atom is -0.329 e. The molecular weight excluding hydrogens is 296 g/mol. The van der Waals surface area contributed by atoms with Gasteiger partial charge in [0.2, 0.25) is 10.0 Å². The lowest BCUT2D eigenvalue weighted by Gasteiger charge is -2.29. The minimum absolute atomic E-state index is 0. The minimum atomic E-state index is -3.49. The molecule has 0 bridgehead atoms. The third kappa shape index (κ3) is 3.73. The highest BCUT2D eigenvalue weighted by Gasteiger charge is 2.43. The van der Waals surface area contributed by atoms with Crippen LogP contribution in [0, 0.1) is 5.92 Å². The lowest BCUT2D eigenvalue weighted by atomic mass is 9.98. The average molecular weight is 319 g/mol. The van der Waals surface area contributed by atoms with E-state index in [0.717, 1.165) is 24.8 Å². The number of benzene rings is 1. The molecule has 0 radical (unpaired) electrons. The van der Waals surface area contributed by atoms with E-state index in [2.05, 4.69) is 4.72 Å². The fraction of sp³-hybridized carbons (Fsp3) is 0.571. The highest BCUT2D eigenvalue weighted by atomic mass is 35.5. The number of halogens is 1. The highest BCUT2D eigenvalue weighted by molar-refractivity contribution is 7.89. The second kappa shape index (κ2) is 6.43. The first-order valence-electron chi connectivity index (χ1n) is 6.74. The molecule has 114 valence electrons. The zero-order valence-electron chi connectivity index (χ0n) is 11.9. The van der Waals surface area contributed by atoms with Crippen molar-refractivity contribution in [2.75, 3.05) is 6.54 Å². The number of hydrogen-bond donors (Lipinski definition) is 2. The van der Waals surface area contributed by atoms with Crippen LogP contribution in [-0.4, -0.2) is 20.5 Å². The number of aryl methyl sites for hydroxylation is 1. The van der Waals surface area contributed by atoms with Gasteiger partial charge in [-0.05, 0) is 49.8 Å². The highest BCUT2D eigenvalue weighted by Crippen LogP contribution is 2.39. The van der Waals surface area contributed by atoms with Crippen molar-refractivity contribution in [2.45, 2.75) is 43.5 Å². The summed E-state index contributed by atoms with van der Waals surface area (Å²) >= 11 is 0. The van der Waals surface area contributed by atoms with Crippen LogP contribution < -0.4 is 10.5 Å². The van der Waals surface area contributed by atoms with Crippen molar-refractivity contribution in [1.82, 2.24) is 4.72 Å². The van der Waals surface area contributed by atoms with Gasteiger partial charge in [-0.15, -0.1) is 12.4 Å². The largest absolute Gasteiger partial charge is 0.329 e. The Morgan fingerprint density at radius 1 is 1.30 bits per heavy atom. The molecule has 0 aliphatic heterocycles. The molecule has 1 fully saturated rings. The van der Waals surface area contributed by atoms with Gasteiger partial charge in [0.25, 0.3) is 0 Å². The predicted molar refractivity (Wildman–Crippen MR) is 83.6 cm³/mol. The molecule has 4 nitrogen and oxygen atoms in total. The first kappa shape index (κ1) is 17.4. The molecule has 0 heterocycles. The van der Waals surface area contributed by atoms with Gasteiger partial charge >= 0.3 is 0 Å². The topological polar surface area (TPSA) is 72.2 Å². The van der Waals surface area contributed by atoms with Crippen LogP contribution in [0.5, 0.6) is 0 Å². The van der Waals surface area contributed by atoms with Gasteiger partial charge in [0.1, 0.15) is 0 Å². The fourth-order valence-corrected chi connectivity index (χ4v) is 3.76. The number of nitrogens with one attached hydrogen (secondary N) is 1. The number of hydrogen-bond acceptors (Lipinski definition) is 3. The molecule has 6 heteroatoms.